The van der Waals surface area contributed by atoms with Gasteiger partial charge in [0.15, 0.2) is 0 Å². The first-order chi connectivity index (χ1) is 7.69. The van der Waals surface area contributed by atoms with Gasteiger partial charge in [-0.25, -0.2) is 0 Å². The monoisotopic (exact) mass is 220 g/mol. The third kappa shape index (κ3) is 1.64. The average Bonchev–Trinajstić information content (AvgIpc) is 2.84. The minimum atomic E-state index is 0.920. The van der Waals surface area contributed by atoms with Gasteiger partial charge in [-0.2, -0.15) is 0 Å². The highest BCUT2D eigenvalue weighted by Crippen LogP contribution is 2.63. The van der Waals surface area contributed by atoms with Crippen molar-refractivity contribution in [1.82, 2.24) is 0 Å². The molecule has 0 aliphatic heterocycles. The molecule has 0 amide bonds. The van der Waals surface area contributed by atoms with Gasteiger partial charge >= 0.3 is 0 Å². The Bertz CT molecular complexity index is 253. The Morgan fingerprint density at radius 1 is 0.938 bits per heavy atom. The molecule has 0 aromatic carbocycles. The Morgan fingerprint density at radius 3 is 2.38 bits per heavy atom. The van der Waals surface area contributed by atoms with Crippen LogP contribution in [-0.4, -0.2) is 0 Å². The van der Waals surface area contributed by atoms with Crippen LogP contribution in [0.2, 0.25) is 0 Å². The molecular weight excluding hydrogens is 192 g/mol. The van der Waals surface area contributed by atoms with E-state index < -0.39 is 0 Å². The van der Waals surface area contributed by atoms with Crippen molar-refractivity contribution in [2.75, 3.05) is 0 Å². The van der Waals surface area contributed by atoms with Crippen molar-refractivity contribution in [3.8, 4) is 0 Å². The summed E-state index contributed by atoms with van der Waals surface area (Å²) in [5.74, 6) is 7.75. The molecule has 16 heavy (non-hydrogen) atoms. The van der Waals surface area contributed by atoms with Gasteiger partial charge in [0, 0.05) is 0 Å². The van der Waals surface area contributed by atoms with Crippen LogP contribution >= 0.6 is 0 Å². The Labute approximate surface area is 101 Å². The van der Waals surface area contributed by atoms with E-state index in [0.29, 0.717) is 0 Å². The molecule has 0 spiro atoms. The van der Waals surface area contributed by atoms with Crippen molar-refractivity contribution in [2.45, 2.75) is 59.3 Å². The molecule has 3 rings (SSSR count). The van der Waals surface area contributed by atoms with E-state index in [0.717, 1.165) is 41.4 Å². The van der Waals surface area contributed by atoms with Crippen LogP contribution in [0.25, 0.3) is 0 Å². The summed E-state index contributed by atoms with van der Waals surface area (Å²) in [4.78, 5) is 0. The van der Waals surface area contributed by atoms with Crippen LogP contribution < -0.4 is 0 Å². The third-order valence-corrected chi connectivity index (χ3v) is 6.03. The topological polar surface area (TPSA) is 0 Å². The Balaban J connectivity index is 1.66. The summed E-state index contributed by atoms with van der Waals surface area (Å²) < 4.78 is 0. The Morgan fingerprint density at radius 2 is 1.69 bits per heavy atom. The smallest absolute Gasteiger partial charge is 0.0349 e. The number of fused-ring (bicyclic) bond motifs is 5. The SMILES string of the molecule is CCC1CC2CC1C1CC(CC(C)C)CC21. The van der Waals surface area contributed by atoms with E-state index in [1.54, 1.807) is 25.7 Å². The summed E-state index contributed by atoms with van der Waals surface area (Å²) in [5.41, 5.74) is 0. The first-order valence-electron chi connectivity index (χ1n) is 7.69. The lowest BCUT2D eigenvalue weighted by Crippen LogP contribution is -2.23. The standard InChI is InChI=1S/C16H28/c1-4-12-8-13-9-15(12)16-7-11(5-10(2)3)6-14(13)16/h10-16H,4-9H2,1-3H3. The molecule has 3 aliphatic carbocycles. The second kappa shape index (κ2) is 4.03. The molecule has 0 heteroatoms. The predicted molar refractivity (Wildman–Crippen MR) is 69.2 cm³/mol. The van der Waals surface area contributed by atoms with Crippen LogP contribution in [-0.2, 0) is 0 Å². The maximum absolute atomic E-state index is 2.42. The Kier molecular flexibility index (Phi) is 2.80. The van der Waals surface area contributed by atoms with Gasteiger partial charge < -0.3 is 0 Å². The highest BCUT2D eigenvalue weighted by molar-refractivity contribution is 5.04. The maximum atomic E-state index is 2.42. The Hall–Kier alpha value is 0. The molecule has 92 valence electrons. The first-order valence-corrected chi connectivity index (χ1v) is 7.69. The zero-order chi connectivity index (χ0) is 11.3. The van der Waals surface area contributed by atoms with Crippen molar-refractivity contribution in [3.63, 3.8) is 0 Å². The lowest BCUT2D eigenvalue weighted by atomic mass is 9.75. The molecule has 6 atom stereocenters. The van der Waals surface area contributed by atoms with Crippen LogP contribution in [0.1, 0.15) is 59.3 Å². The molecule has 0 heterocycles. The number of hydrogen-bond acceptors (Lipinski definition) is 0. The van der Waals surface area contributed by atoms with E-state index >= 15 is 0 Å². The van der Waals surface area contributed by atoms with Crippen molar-refractivity contribution in [3.05, 3.63) is 0 Å². The van der Waals surface area contributed by atoms with Gasteiger partial charge in [0.1, 0.15) is 0 Å². The fourth-order valence-electron chi connectivity index (χ4n) is 5.65. The van der Waals surface area contributed by atoms with Gasteiger partial charge in [-0.05, 0) is 73.5 Å². The quantitative estimate of drug-likeness (QED) is 0.644. The molecule has 3 fully saturated rings. The van der Waals surface area contributed by atoms with E-state index in [9.17, 15) is 0 Å². The maximum Gasteiger partial charge on any atom is -0.0349 e. The van der Waals surface area contributed by atoms with Gasteiger partial charge in [-0.15, -0.1) is 0 Å². The zero-order valence-electron chi connectivity index (χ0n) is 11.3. The minimum Gasteiger partial charge on any atom is -0.0651 e. The summed E-state index contributed by atoms with van der Waals surface area (Å²) in [5, 5.41) is 0. The molecule has 0 radical (unpaired) electrons. The molecule has 3 saturated carbocycles. The van der Waals surface area contributed by atoms with Gasteiger partial charge in [0.05, 0.1) is 0 Å². The van der Waals surface area contributed by atoms with Crippen molar-refractivity contribution < 1.29 is 0 Å². The molecule has 3 aliphatic rings. The van der Waals surface area contributed by atoms with Crippen LogP contribution in [0.15, 0.2) is 0 Å². The number of rotatable bonds is 3. The van der Waals surface area contributed by atoms with Crippen molar-refractivity contribution >= 4 is 0 Å². The van der Waals surface area contributed by atoms with Crippen LogP contribution in [0.3, 0.4) is 0 Å². The zero-order valence-corrected chi connectivity index (χ0v) is 11.3. The van der Waals surface area contributed by atoms with E-state index in [-0.39, 0.29) is 0 Å². The molecule has 6 unspecified atom stereocenters. The highest BCUT2D eigenvalue weighted by Gasteiger charge is 2.54. The fourth-order valence-corrected chi connectivity index (χ4v) is 5.65. The summed E-state index contributed by atoms with van der Waals surface area (Å²) in [7, 11) is 0. The second-order valence-corrected chi connectivity index (χ2v) is 7.36. The number of hydrogen-bond donors (Lipinski definition) is 0. The molecule has 2 bridgehead atoms. The van der Waals surface area contributed by atoms with Gasteiger partial charge in [-0.3, -0.25) is 0 Å². The largest absolute Gasteiger partial charge is 0.0651 e. The van der Waals surface area contributed by atoms with Crippen molar-refractivity contribution in [1.29, 1.82) is 0 Å². The average molecular weight is 220 g/mol. The van der Waals surface area contributed by atoms with E-state index in [2.05, 4.69) is 20.8 Å². The predicted octanol–water partition coefficient (Wildman–Crippen LogP) is 4.74. The summed E-state index contributed by atoms with van der Waals surface area (Å²) in [6.45, 7) is 7.22. The first kappa shape index (κ1) is 11.1. The normalized spacial score (nSPS) is 50.2. The molecule has 0 N–H and O–H groups in total. The molecule has 0 nitrogen and oxygen atoms in total. The van der Waals surface area contributed by atoms with Crippen LogP contribution in [0.4, 0.5) is 0 Å². The van der Waals surface area contributed by atoms with E-state index in [1.807, 2.05) is 0 Å². The summed E-state index contributed by atoms with van der Waals surface area (Å²) >= 11 is 0. The highest BCUT2D eigenvalue weighted by atomic mass is 14.6. The van der Waals surface area contributed by atoms with Gasteiger partial charge in [-0.1, -0.05) is 27.2 Å². The summed E-state index contributed by atoms with van der Waals surface area (Å²) in [6.07, 6.45) is 9.36. The van der Waals surface area contributed by atoms with E-state index in [4.69, 9.17) is 0 Å². The van der Waals surface area contributed by atoms with Gasteiger partial charge in [0.25, 0.3) is 0 Å². The molecule has 0 saturated heterocycles. The minimum absolute atomic E-state index is 0.920. The van der Waals surface area contributed by atoms with Gasteiger partial charge in [0.2, 0.25) is 0 Å². The molecule has 0 aromatic rings. The van der Waals surface area contributed by atoms with E-state index in [1.165, 1.54) is 12.8 Å². The van der Waals surface area contributed by atoms with Crippen LogP contribution in [0.5, 0.6) is 0 Å². The van der Waals surface area contributed by atoms with Crippen molar-refractivity contribution in [2.24, 2.45) is 41.4 Å². The molecule has 0 aromatic heterocycles. The summed E-state index contributed by atoms with van der Waals surface area (Å²) in [6, 6.07) is 0. The van der Waals surface area contributed by atoms with Crippen LogP contribution in [0, 0.1) is 41.4 Å². The molecular formula is C16H28. The third-order valence-electron chi connectivity index (χ3n) is 6.03. The lowest BCUT2D eigenvalue weighted by Gasteiger charge is -2.30. The lowest BCUT2D eigenvalue weighted by molar-refractivity contribution is 0.185. The second-order valence-electron chi connectivity index (χ2n) is 7.36. The fraction of sp³-hybridized carbons (Fsp3) is 1.00.